The predicted octanol–water partition coefficient (Wildman–Crippen LogP) is 3.50. The standard InChI is InChI=1S/C20H26N2O3S2/c1-15-9-14-26-18(15)19(23)21-10-12-22(13-11-21)27(24,25)17-7-5-16(6-8-17)20(2,3)4/h5-9,14H,10-13H2,1-4H3. The van der Waals surface area contributed by atoms with Crippen LogP contribution in [0.2, 0.25) is 0 Å². The number of hydrogen-bond donors (Lipinski definition) is 0. The first-order valence-electron chi connectivity index (χ1n) is 9.05. The van der Waals surface area contributed by atoms with Gasteiger partial charge in [-0.25, -0.2) is 8.42 Å². The van der Waals surface area contributed by atoms with E-state index in [1.54, 1.807) is 17.0 Å². The van der Waals surface area contributed by atoms with Crippen molar-refractivity contribution in [2.45, 2.75) is 38.0 Å². The summed E-state index contributed by atoms with van der Waals surface area (Å²) < 4.78 is 27.3. The molecule has 5 nitrogen and oxygen atoms in total. The summed E-state index contributed by atoms with van der Waals surface area (Å²) in [4.78, 5) is 15.4. The first-order valence-corrected chi connectivity index (χ1v) is 11.4. The Morgan fingerprint density at radius 2 is 1.59 bits per heavy atom. The molecule has 2 aromatic rings. The Bertz CT molecular complexity index is 917. The average Bonchev–Trinajstić information content (AvgIpc) is 3.06. The number of aryl methyl sites for hydroxylation is 1. The van der Waals surface area contributed by atoms with Gasteiger partial charge in [-0.15, -0.1) is 11.3 Å². The molecule has 0 bridgehead atoms. The highest BCUT2D eigenvalue weighted by atomic mass is 32.2. The molecule has 0 saturated carbocycles. The molecular formula is C20H26N2O3S2. The number of amides is 1. The van der Waals surface area contributed by atoms with Gasteiger partial charge >= 0.3 is 0 Å². The van der Waals surface area contributed by atoms with Gasteiger partial charge in [0.1, 0.15) is 0 Å². The summed E-state index contributed by atoms with van der Waals surface area (Å²) in [5.41, 5.74) is 2.05. The minimum Gasteiger partial charge on any atom is -0.335 e. The third kappa shape index (κ3) is 4.10. The largest absolute Gasteiger partial charge is 0.335 e. The van der Waals surface area contributed by atoms with Gasteiger partial charge in [0.05, 0.1) is 9.77 Å². The van der Waals surface area contributed by atoms with E-state index in [-0.39, 0.29) is 11.3 Å². The lowest BCUT2D eigenvalue weighted by Gasteiger charge is -2.34. The van der Waals surface area contributed by atoms with Crippen LogP contribution < -0.4 is 0 Å². The molecule has 0 aliphatic carbocycles. The van der Waals surface area contributed by atoms with E-state index in [1.165, 1.54) is 15.6 Å². The van der Waals surface area contributed by atoms with Crippen LogP contribution in [0.25, 0.3) is 0 Å². The van der Waals surface area contributed by atoms with Gasteiger partial charge in [-0.1, -0.05) is 32.9 Å². The summed E-state index contributed by atoms with van der Waals surface area (Å²) in [7, 11) is -3.54. The van der Waals surface area contributed by atoms with Gasteiger partial charge < -0.3 is 4.90 Å². The van der Waals surface area contributed by atoms with E-state index in [0.29, 0.717) is 31.1 Å². The van der Waals surface area contributed by atoms with E-state index in [1.807, 2.05) is 30.5 Å². The maximum Gasteiger partial charge on any atom is 0.264 e. The van der Waals surface area contributed by atoms with Gasteiger partial charge in [-0.3, -0.25) is 4.79 Å². The molecule has 2 heterocycles. The zero-order valence-corrected chi connectivity index (χ0v) is 17.9. The number of nitrogens with zero attached hydrogens (tertiary/aromatic N) is 2. The SMILES string of the molecule is Cc1ccsc1C(=O)N1CCN(S(=O)(=O)c2ccc(C(C)(C)C)cc2)CC1. The maximum atomic E-state index is 12.9. The van der Waals surface area contributed by atoms with Crippen LogP contribution in [0, 0.1) is 6.92 Å². The van der Waals surface area contributed by atoms with E-state index in [4.69, 9.17) is 0 Å². The lowest BCUT2D eigenvalue weighted by molar-refractivity contribution is 0.0702. The molecule has 7 heteroatoms. The smallest absolute Gasteiger partial charge is 0.264 e. The maximum absolute atomic E-state index is 12.9. The molecule has 1 aromatic carbocycles. The third-order valence-corrected chi connectivity index (χ3v) is 7.86. The molecule has 27 heavy (non-hydrogen) atoms. The fourth-order valence-corrected chi connectivity index (χ4v) is 5.46. The Labute approximate surface area is 165 Å². The van der Waals surface area contributed by atoms with E-state index >= 15 is 0 Å². The summed E-state index contributed by atoms with van der Waals surface area (Å²) >= 11 is 1.43. The predicted molar refractivity (Wildman–Crippen MR) is 109 cm³/mol. The second-order valence-corrected chi connectivity index (χ2v) is 10.8. The van der Waals surface area contributed by atoms with Crippen LogP contribution in [0.4, 0.5) is 0 Å². The minimum atomic E-state index is -3.54. The summed E-state index contributed by atoms with van der Waals surface area (Å²) in [5, 5.41) is 1.91. The Morgan fingerprint density at radius 3 is 2.07 bits per heavy atom. The van der Waals surface area contributed by atoms with Gasteiger partial charge in [0.25, 0.3) is 5.91 Å². The van der Waals surface area contributed by atoms with Crippen LogP contribution in [-0.4, -0.2) is 49.7 Å². The zero-order valence-electron chi connectivity index (χ0n) is 16.2. The first-order chi connectivity index (χ1) is 12.6. The lowest BCUT2D eigenvalue weighted by Crippen LogP contribution is -2.50. The van der Waals surface area contributed by atoms with Crippen molar-refractivity contribution in [3.8, 4) is 0 Å². The Morgan fingerprint density at radius 1 is 1.00 bits per heavy atom. The highest BCUT2D eigenvalue weighted by molar-refractivity contribution is 7.89. The molecule has 0 spiro atoms. The normalized spacial score (nSPS) is 16.5. The van der Waals surface area contributed by atoms with Gasteiger partial charge in [0.2, 0.25) is 10.0 Å². The minimum absolute atomic E-state index is 0.00548. The van der Waals surface area contributed by atoms with Crippen molar-refractivity contribution in [3.63, 3.8) is 0 Å². The number of rotatable bonds is 3. The van der Waals surface area contributed by atoms with Crippen molar-refractivity contribution in [2.75, 3.05) is 26.2 Å². The van der Waals surface area contributed by atoms with E-state index in [9.17, 15) is 13.2 Å². The van der Waals surface area contributed by atoms with E-state index in [0.717, 1.165) is 16.0 Å². The van der Waals surface area contributed by atoms with Gasteiger partial charge in [0, 0.05) is 26.2 Å². The molecule has 1 fully saturated rings. The molecule has 1 amide bonds. The molecule has 3 rings (SSSR count). The molecule has 0 N–H and O–H groups in total. The fourth-order valence-electron chi connectivity index (χ4n) is 3.14. The van der Waals surface area contributed by atoms with Crippen molar-refractivity contribution in [2.24, 2.45) is 0 Å². The van der Waals surface area contributed by atoms with Crippen LogP contribution in [0.1, 0.15) is 41.6 Å². The average molecular weight is 407 g/mol. The summed E-state index contributed by atoms with van der Waals surface area (Å²) in [6, 6.07) is 9.06. The molecule has 0 unspecified atom stereocenters. The molecule has 1 aromatic heterocycles. The van der Waals surface area contributed by atoms with Crippen molar-refractivity contribution in [3.05, 3.63) is 51.7 Å². The molecule has 1 aliphatic heterocycles. The monoisotopic (exact) mass is 406 g/mol. The number of benzene rings is 1. The molecular weight excluding hydrogens is 380 g/mol. The van der Waals surface area contributed by atoms with Gasteiger partial charge in [-0.2, -0.15) is 4.31 Å². The number of carbonyl (C=O) groups excluding carboxylic acids is 1. The van der Waals surface area contributed by atoms with Crippen LogP contribution in [-0.2, 0) is 15.4 Å². The topological polar surface area (TPSA) is 57.7 Å². The molecule has 1 saturated heterocycles. The summed E-state index contributed by atoms with van der Waals surface area (Å²) in [6.45, 7) is 9.68. The number of hydrogen-bond acceptors (Lipinski definition) is 4. The number of carbonyl (C=O) groups is 1. The highest BCUT2D eigenvalue weighted by Crippen LogP contribution is 2.25. The van der Waals surface area contributed by atoms with Crippen LogP contribution in [0.3, 0.4) is 0 Å². The van der Waals surface area contributed by atoms with Crippen LogP contribution in [0.15, 0.2) is 40.6 Å². The molecule has 0 radical (unpaired) electrons. The summed E-state index contributed by atoms with van der Waals surface area (Å²) in [5.74, 6) is -0.00548. The van der Waals surface area contributed by atoms with Crippen molar-refractivity contribution in [1.29, 1.82) is 0 Å². The molecule has 0 atom stereocenters. The second kappa shape index (κ2) is 7.37. The molecule has 146 valence electrons. The number of piperazine rings is 1. The molecule has 1 aliphatic rings. The quantitative estimate of drug-likeness (QED) is 0.784. The number of sulfonamides is 1. The summed E-state index contributed by atoms with van der Waals surface area (Å²) in [6.07, 6.45) is 0. The van der Waals surface area contributed by atoms with Crippen LogP contribution in [0.5, 0.6) is 0 Å². The van der Waals surface area contributed by atoms with Gasteiger partial charge in [0.15, 0.2) is 0 Å². The highest BCUT2D eigenvalue weighted by Gasteiger charge is 2.31. The second-order valence-electron chi connectivity index (χ2n) is 7.90. The van der Waals surface area contributed by atoms with E-state index in [2.05, 4.69) is 20.8 Å². The van der Waals surface area contributed by atoms with Gasteiger partial charge in [-0.05, 0) is 47.0 Å². The van der Waals surface area contributed by atoms with E-state index < -0.39 is 10.0 Å². The zero-order chi connectivity index (χ0) is 19.8. The Kier molecular flexibility index (Phi) is 5.47. The van der Waals surface area contributed by atoms with Crippen molar-refractivity contribution >= 4 is 27.3 Å². The van der Waals surface area contributed by atoms with Crippen LogP contribution >= 0.6 is 11.3 Å². The third-order valence-electron chi connectivity index (χ3n) is 4.94. The Balaban J connectivity index is 1.69. The van der Waals surface area contributed by atoms with Crippen molar-refractivity contribution < 1.29 is 13.2 Å². The fraction of sp³-hybridized carbons (Fsp3) is 0.450. The number of thiophene rings is 1. The Hall–Kier alpha value is -1.70. The van der Waals surface area contributed by atoms with Crippen molar-refractivity contribution in [1.82, 2.24) is 9.21 Å². The first kappa shape index (κ1) is 20.0. The lowest BCUT2D eigenvalue weighted by atomic mass is 9.87.